The van der Waals surface area contributed by atoms with Gasteiger partial charge in [-0.05, 0) is 111 Å². The van der Waals surface area contributed by atoms with Crippen LogP contribution in [0.25, 0.3) is 0 Å². The number of allylic oxidation sites excluding steroid dienone is 1. The molecule has 2 aromatic rings. The molecule has 4 aliphatic heterocycles. The van der Waals surface area contributed by atoms with E-state index in [2.05, 4.69) is 56.5 Å². The van der Waals surface area contributed by atoms with Crippen LogP contribution in [0.5, 0.6) is 5.75 Å². The van der Waals surface area contributed by atoms with Crippen molar-refractivity contribution in [2.75, 3.05) is 75.9 Å². The number of ether oxygens (including phenoxy) is 2. The van der Waals surface area contributed by atoms with E-state index in [4.69, 9.17) is 21.1 Å². The second-order valence-corrected chi connectivity index (χ2v) is 22.5. The summed E-state index contributed by atoms with van der Waals surface area (Å²) < 4.78 is 55.7. The van der Waals surface area contributed by atoms with Crippen LogP contribution in [-0.4, -0.2) is 122 Å². The maximum absolute atomic E-state index is 14.1. The zero-order valence-electron chi connectivity index (χ0n) is 32.5. The number of hydrogen-bond acceptors (Lipinski definition) is 9. The third-order valence-corrected chi connectivity index (χ3v) is 18.2. The minimum Gasteiger partial charge on any atom is -0.490 e. The van der Waals surface area contributed by atoms with Crippen molar-refractivity contribution < 1.29 is 26.9 Å². The van der Waals surface area contributed by atoms with Crippen LogP contribution in [0.1, 0.15) is 67.4 Å². The summed E-state index contributed by atoms with van der Waals surface area (Å²) in [6.45, 7) is 9.62. The Bertz CT molecular complexity index is 2060. The van der Waals surface area contributed by atoms with Gasteiger partial charge in [-0.1, -0.05) is 36.7 Å². The van der Waals surface area contributed by atoms with Crippen LogP contribution in [-0.2, 0) is 36.1 Å². The Morgan fingerprint density at radius 1 is 1.07 bits per heavy atom. The minimum atomic E-state index is -3.06. The summed E-state index contributed by atoms with van der Waals surface area (Å²) in [6, 6.07) is 11.9. The van der Waals surface area contributed by atoms with E-state index in [0.29, 0.717) is 38.2 Å². The largest absolute Gasteiger partial charge is 0.490 e. The maximum atomic E-state index is 14.1. The summed E-state index contributed by atoms with van der Waals surface area (Å²) in [4.78, 5) is 21.1. The van der Waals surface area contributed by atoms with E-state index >= 15 is 0 Å². The van der Waals surface area contributed by atoms with Gasteiger partial charge in [0, 0.05) is 80.2 Å². The summed E-state index contributed by atoms with van der Waals surface area (Å²) in [5.74, 6) is 5.31. The molecule has 3 fully saturated rings. The first kappa shape index (κ1) is 39.2. The fraction of sp³-hybridized carbons (Fsp3) is 0.619. The van der Waals surface area contributed by atoms with Crippen LogP contribution >= 0.6 is 11.6 Å². The SMILES string of the molecule is C=S1(=O)NC(=O)c2ccc3c(c2)N(C[C@@H]2CC[C@H]2[C@](CN2CCN4CCS(=O)(=O)C[C@@H]4C2)(OC)/C=C/C[C@H](C)[C@H]1C)C[C@@]1(CCCc2cc(Cl)ccc21)CO3. The quantitative estimate of drug-likeness (QED) is 0.339. The predicted molar refractivity (Wildman–Crippen MR) is 222 cm³/mol. The molecule has 2 aliphatic carbocycles. The molecule has 1 N–H and O–H groups in total. The highest BCUT2D eigenvalue weighted by Crippen LogP contribution is 2.49. The average Bonchev–Trinajstić information content (AvgIpc) is 3.28. The van der Waals surface area contributed by atoms with E-state index in [1.54, 1.807) is 6.07 Å². The molecule has 1 spiro atoms. The molecular formula is C42H57ClN4O6S2. The molecule has 8 atom stereocenters. The molecule has 2 aromatic carbocycles. The summed E-state index contributed by atoms with van der Waals surface area (Å²) in [5.41, 5.74) is 2.97. The van der Waals surface area contributed by atoms with Gasteiger partial charge in [0.25, 0.3) is 5.91 Å². The standard InChI is InChI=1S/C42H57ClN4O6S2/c1-29-7-5-16-42(52-3,27-45-17-18-46-19-20-55(50,51)25-35(46)24-45)37-12-9-33(37)23-47-26-41(15-6-8-31-21-34(43)11-13-36(31)41)28-53-39-14-10-32(22-38(39)47)40(48)44-54(4,49)30(29)2/h5,10-11,13-14,16,21-22,29-30,33,35,37H,4,6-9,12,15,17-20,23-28H2,1-3H3,(H,44,48,49)/b16-5+/t29-,30+,33-,35-,37+,41-,42-,54?/m0/s1. The molecule has 0 aromatic heterocycles. The molecule has 13 heteroatoms. The number of anilines is 1. The van der Waals surface area contributed by atoms with Crippen LogP contribution in [0.2, 0.25) is 5.02 Å². The number of benzene rings is 2. The number of fused-ring (bicyclic) bond motifs is 5. The predicted octanol–water partition coefficient (Wildman–Crippen LogP) is 4.98. The van der Waals surface area contributed by atoms with Crippen molar-refractivity contribution in [2.45, 2.75) is 74.7 Å². The average molecular weight is 814 g/mol. The molecule has 55 heavy (non-hydrogen) atoms. The summed E-state index contributed by atoms with van der Waals surface area (Å²) in [5, 5.41) is 0.358. The van der Waals surface area contributed by atoms with Gasteiger partial charge in [-0.15, -0.1) is 0 Å². The number of rotatable bonds is 3. The monoisotopic (exact) mass is 812 g/mol. The number of methoxy groups -OCH3 is 1. The van der Waals surface area contributed by atoms with Crippen molar-refractivity contribution in [2.24, 2.45) is 17.8 Å². The number of sulfone groups is 1. The van der Waals surface area contributed by atoms with Crippen molar-refractivity contribution >= 4 is 48.6 Å². The molecule has 300 valence electrons. The van der Waals surface area contributed by atoms with Gasteiger partial charge < -0.3 is 14.4 Å². The normalized spacial score (nSPS) is 37.3. The van der Waals surface area contributed by atoms with Gasteiger partial charge in [0.1, 0.15) is 11.4 Å². The molecule has 0 radical (unpaired) electrons. The number of nitrogens with one attached hydrogen (secondary N) is 1. The van der Waals surface area contributed by atoms with Crippen LogP contribution in [0, 0.1) is 17.8 Å². The minimum absolute atomic E-state index is 0.0118. The zero-order chi connectivity index (χ0) is 38.8. The highest BCUT2D eigenvalue weighted by Gasteiger charge is 2.50. The van der Waals surface area contributed by atoms with Crippen molar-refractivity contribution in [3.8, 4) is 5.75 Å². The first-order chi connectivity index (χ1) is 26.2. The Hall–Kier alpha value is -2.61. The Balaban J connectivity index is 1.18. The Kier molecular flexibility index (Phi) is 10.7. The van der Waals surface area contributed by atoms with Crippen LogP contribution in [0.3, 0.4) is 0 Å². The van der Waals surface area contributed by atoms with Crippen LogP contribution in [0.4, 0.5) is 5.69 Å². The van der Waals surface area contributed by atoms with Gasteiger partial charge >= 0.3 is 0 Å². The van der Waals surface area contributed by atoms with Crippen molar-refractivity contribution in [1.82, 2.24) is 14.5 Å². The maximum Gasteiger partial charge on any atom is 0.262 e. The molecule has 1 unspecified atom stereocenters. The Morgan fingerprint density at radius 3 is 2.69 bits per heavy atom. The molecule has 6 aliphatic rings. The molecule has 1 saturated carbocycles. The van der Waals surface area contributed by atoms with E-state index in [9.17, 15) is 17.4 Å². The number of piperazine rings is 1. The van der Waals surface area contributed by atoms with Gasteiger partial charge in [0.2, 0.25) is 0 Å². The second kappa shape index (κ2) is 15.0. The molecule has 1 amide bonds. The molecule has 2 bridgehead atoms. The van der Waals surface area contributed by atoms with E-state index in [1.807, 2.05) is 32.2 Å². The number of aryl methyl sites for hydroxylation is 1. The third-order valence-electron chi connectivity index (χ3n) is 14.1. The van der Waals surface area contributed by atoms with Gasteiger partial charge in [-0.25, -0.2) is 12.6 Å². The lowest BCUT2D eigenvalue weighted by atomic mass is 9.63. The van der Waals surface area contributed by atoms with E-state index in [1.165, 1.54) is 11.1 Å². The van der Waals surface area contributed by atoms with Crippen LogP contribution < -0.4 is 14.4 Å². The highest BCUT2D eigenvalue weighted by molar-refractivity contribution is 7.99. The third kappa shape index (κ3) is 7.60. The fourth-order valence-corrected chi connectivity index (χ4v) is 13.7. The smallest absolute Gasteiger partial charge is 0.262 e. The number of carbonyl (C=O) groups is 1. The fourth-order valence-electron chi connectivity index (χ4n) is 10.4. The first-order valence-corrected chi connectivity index (χ1v) is 24.1. The highest BCUT2D eigenvalue weighted by atomic mass is 35.5. The lowest BCUT2D eigenvalue weighted by Gasteiger charge is -2.53. The molecule has 10 nitrogen and oxygen atoms in total. The number of amides is 1. The second-order valence-electron chi connectivity index (χ2n) is 17.4. The number of hydrogen-bond donors (Lipinski definition) is 1. The summed E-state index contributed by atoms with van der Waals surface area (Å²) in [7, 11) is -4.24. The Morgan fingerprint density at radius 2 is 1.91 bits per heavy atom. The Labute approximate surface area is 333 Å². The van der Waals surface area contributed by atoms with Gasteiger partial charge in [0.05, 0.1) is 33.5 Å². The van der Waals surface area contributed by atoms with Crippen molar-refractivity contribution in [1.29, 1.82) is 0 Å². The number of carbonyl (C=O) groups excluding carboxylic acids is 1. The lowest BCUT2D eigenvalue weighted by Crippen LogP contribution is -2.63. The van der Waals surface area contributed by atoms with Gasteiger partial charge in [-0.2, -0.15) is 0 Å². The number of halogens is 1. The van der Waals surface area contributed by atoms with E-state index in [-0.39, 0.29) is 46.0 Å². The van der Waals surface area contributed by atoms with E-state index in [0.717, 1.165) is 74.7 Å². The first-order valence-electron chi connectivity index (χ1n) is 20.1. The lowest BCUT2D eigenvalue weighted by molar-refractivity contribution is -0.0981. The van der Waals surface area contributed by atoms with E-state index < -0.39 is 31.1 Å². The molecule has 8 rings (SSSR count). The van der Waals surface area contributed by atoms with Gasteiger partial charge in [0.15, 0.2) is 9.84 Å². The van der Waals surface area contributed by atoms with Crippen molar-refractivity contribution in [3.63, 3.8) is 0 Å². The zero-order valence-corrected chi connectivity index (χ0v) is 34.9. The van der Waals surface area contributed by atoms with Crippen molar-refractivity contribution in [3.05, 3.63) is 70.3 Å². The van der Waals surface area contributed by atoms with Gasteiger partial charge in [-0.3, -0.25) is 19.3 Å². The summed E-state index contributed by atoms with van der Waals surface area (Å²) in [6.07, 6.45) is 10.1. The molecular weight excluding hydrogens is 756 g/mol. The summed E-state index contributed by atoms with van der Waals surface area (Å²) >= 11 is 6.52. The molecule has 2 saturated heterocycles. The molecule has 4 heterocycles. The van der Waals surface area contributed by atoms with Crippen LogP contribution in [0.15, 0.2) is 48.6 Å². The number of nitrogens with zero attached hydrogens (tertiary/aromatic N) is 3. The topological polar surface area (TPSA) is 108 Å².